The van der Waals surface area contributed by atoms with Gasteiger partial charge in [-0.3, -0.25) is 28.2 Å². The number of fused-ring (bicyclic) bond motifs is 3. The van der Waals surface area contributed by atoms with Gasteiger partial charge in [0.1, 0.15) is 34.4 Å². The van der Waals surface area contributed by atoms with E-state index in [4.69, 9.17) is 48.1 Å². The molecule has 0 saturated carbocycles. The molecule has 0 radical (unpaired) electrons. The van der Waals surface area contributed by atoms with Gasteiger partial charge in [-0.2, -0.15) is 0 Å². The molecule has 6 saturated heterocycles. The maximum atomic E-state index is 7.40. The average molecular weight is 1210 g/mol. The van der Waals surface area contributed by atoms with Gasteiger partial charge in [-0.15, -0.1) is 0 Å². The Morgan fingerprint density at radius 2 is 0.828 bits per heavy atom. The van der Waals surface area contributed by atoms with E-state index in [1.807, 2.05) is 24.5 Å². The second-order valence-corrected chi connectivity index (χ2v) is 26.5. The summed E-state index contributed by atoms with van der Waals surface area (Å²) in [5.74, 6) is 3.51. The predicted octanol–water partition coefficient (Wildman–Crippen LogP) is 10.7. The Morgan fingerprint density at radius 1 is 0.402 bits per heavy atom. The molecule has 18 nitrogen and oxygen atoms in total. The van der Waals surface area contributed by atoms with Crippen LogP contribution in [0.5, 0.6) is 0 Å². The van der Waals surface area contributed by atoms with Crippen LogP contribution in [0.3, 0.4) is 0 Å². The molecule has 20 heteroatoms. The first kappa shape index (κ1) is 56.7. The first-order valence-corrected chi connectivity index (χ1v) is 32.6. The zero-order chi connectivity index (χ0) is 58.9. The van der Waals surface area contributed by atoms with Crippen molar-refractivity contribution >= 4 is 57.6 Å². The van der Waals surface area contributed by atoms with Crippen LogP contribution in [0.4, 0.5) is 17.5 Å². The molecule has 0 bridgehead atoms. The Kier molecular flexibility index (Phi) is 15.6. The van der Waals surface area contributed by atoms with Crippen LogP contribution in [0.1, 0.15) is 134 Å². The maximum Gasteiger partial charge on any atom is 0.139 e. The smallest absolute Gasteiger partial charge is 0.139 e. The third-order valence-electron chi connectivity index (χ3n) is 19.8. The Hall–Kier alpha value is -6.74. The Labute approximate surface area is 519 Å². The minimum Gasteiger partial charge on any atom is -0.355 e. The number of likely N-dealkylation sites (N-methyl/N-ethyl adjacent to an activating group) is 3. The van der Waals surface area contributed by atoms with Crippen molar-refractivity contribution in [3.63, 3.8) is 0 Å². The zero-order valence-electron chi connectivity index (χ0n) is 50.6. The van der Waals surface area contributed by atoms with Gasteiger partial charge in [-0.25, -0.2) is 15.0 Å². The van der Waals surface area contributed by atoms with Crippen molar-refractivity contribution in [2.24, 2.45) is 0 Å². The highest BCUT2D eigenvalue weighted by Gasteiger charge is 2.33. The van der Waals surface area contributed by atoms with Crippen LogP contribution in [-0.4, -0.2) is 157 Å². The first-order chi connectivity index (χ1) is 42.5. The van der Waals surface area contributed by atoms with Gasteiger partial charge in [-0.05, 0) is 163 Å². The lowest BCUT2D eigenvalue weighted by Crippen LogP contribution is -2.45. The molecule has 6 aliphatic rings. The quantitative estimate of drug-likeness (QED) is 0.113. The first-order valence-electron chi connectivity index (χ1n) is 31.9. The number of piperidine rings is 3. The SMILES string of the molecule is Cc1cc(-c2cc(N3CCN(C)CC3)n3cc([C@H]4CCC[C@@H](c5ncc(-c6cc(N7CCN(C)CC7)n7cc([C@@H]8CCC[C@H](c9ncccc9Cl)N8)nc7c6)cc5Cl)N4)nc3c2)cnc1[C@@H]1CCC[C@H](c2cn3c(N4CCN(C)CC4)cccc3n2)N1. The number of hydrogen-bond acceptors (Lipinski definition) is 15. The number of nitrogens with one attached hydrogen (secondary N) is 3. The minimum atomic E-state index is -0.0326. The molecule has 9 aromatic heterocycles. The minimum absolute atomic E-state index is 0.0256. The van der Waals surface area contributed by atoms with Crippen molar-refractivity contribution in [3.05, 3.63) is 154 Å². The van der Waals surface area contributed by atoms with Gasteiger partial charge < -0.3 is 45.3 Å². The van der Waals surface area contributed by atoms with E-state index < -0.39 is 0 Å². The number of nitrogens with zero attached hydrogens (tertiary/aromatic N) is 15. The van der Waals surface area contributed by atoms with Crippen LogP contribution >= 0.6 is 23.2 Å². The topological polar surface area (TPSA) is 146 Å². The number of hydrogen-bond donors (Lipinski definition) is 3. The van der Waals surface area contributed by atoms with Crippen LogP contribution in [0.25, 0.3) is 39.2 Å². The Bertz CT molecular complexity index is 3960. The molecule has 0 aliphatic carbocycles. The normalized spacial score (nSPS) is 24.0. The molecule has 15 heterocycles. The lowest BCUT2D eigenvalue weighted by atomic mass is 9.92. The number of imidazole rings is 3. The van der Waals surface area contributed by atoms with Crippen molar-refractivity contribution in [2.45, 2.75) is 101 Å². The van der Waals surface area contributed by atoms with Gasteiger partial charge in [-0.1, -0.05) is 29.3 Å². The van der Waals surface area contributed by atoms with E-state index in [0.717, 1.165) is 221 Å². The number of halogens is 2. The fourth-order valence-corrected chi connectivity index (χ4v) is 15.2. The summed E-state index contributed by atoms with van der Waals surface area (Å²) >= 11 is 14.1. The molecule has 6 fully saturated rings. The number of anilines is 3. The fraction of sp³-hybridized carbons (Fsp3) is 0.463. The molecule has 6 atom stereocenters. The standard InChI is InChI=1S/C67H80Cl2N18/c1-43-32-46(38-71-65(43)53-14-5-11-50(73-53)56-40-85-59(76-56)17-8-18-62(85)82-26-20-79(2)21-27-82)44-34-60-77-58(42-86(60)63(36-44)83-28-22-80(3)23-29-83)52-13-7-16-55(75-52)67-49(69)33-47(39-72-67)45-35-61-78-57(41-87(61)64(37-45)84-30-24-81(4)25-31-84)51-12-6-15-54(74-51)66-48(68)10-9-19-70-66/h8-10,17-19,32-42,50-55,73-75H,5-7,11-16,20-31H2,1-4H3/t50-,51+,52-,53+,54-,55+/m1/s1. The summed E-state index contributed by atoms with van der Waals surface area (Å²) in [5.41, 5.74) is 14.4. The van der Waals surface area contributed by atoms with Crippen LogP contribution in [0, 0.1) is 6.92 Å². The summed E-state index contributed by atoms with van der Waals surface area (Å²) in [6.45, 7) is 14.1. The molecule has 87 heavy (non-hydrogen) atoms. The van der Waals surface area contributed by atoms with E-state index in [1.165, 1.54) is 11.4 Å². The van der Waals surface area contributed by atoms with Gasteiger partial charge in [0.25, 0.3) is 0 Å². The van der Waals surface area contributed by atoms with Crippen LogP contribution < -0.4 is 30.7 Å². The van der Waals surface area contributed by atoms with E-state index >= 15 is 0 Å². The highest BCUT2D eigenvalue weighted by Crippen LogP contribution is 2.41. The van der Waals surface area contributed by atoms with Gasteiger partial charge in [0.2, 0.25) is 0 Å². The number of rotatable bonds is 11. The molecule has 9 aromatic rings. The monoisotopic (exact) mass is 1210 g/mol. The number of piperazine rings is 3. The number of aryl methyl sites for hydroxylation is 1. The summed E-state index contributed by atoms with van der Waals surface area (Å²) in [4.78, 5) is 45.9. The van der Waals surface area contributed by atoms with Crippen molar-refractivity contribution in [2.75, 3.05) is 114 Å². The van der Waals surface area contributed by atoms with Gasteiger partial charge in [0.15, 0.2) is 0 Å². The van der Waals surface area contributed by atoms with E-state index in [2.05, 4.69) is 171 Å². The summed E-state index contributed by atoms with van der Waals surface area (Å²) in [6, 6.07) is 24.3. The van der Waals surface area contributed by atoms with E-state index in [1.54, 1.807) is 0 Å². The van der Waals surface area contributed by atoms with Crippen molar-refractivity contribution in [1.29, 1.82) is 0 Å². The highest BCUT2D eigenvalue weighted by molar-refractivity contribution is 6.31. The molecule has 452 valence electrons. The number of aromatic nitrogens is 9. The van der Waals surface area contributed by atoms with Crippen LogP contribution in [0.2, 0.25) is 10.0 Å². The third kappa shape index (κ3) is 11.3. The van der Waals surface area contributed by atoms with E-state index in [0.29, 0.717) is 10.0 Å². The summed E-state index contributed by atoms with van der Waals surface area (Å²) in [7, 11) is 6.62. The molecule has 0 spiro atoms. The van der Waals surface area contributed by atoms with E-state index in [9.17, 15) is 0 Å². The van der Waals surface area contributed by atoms with Gasteiger partial charge in [0, 0.05) is 127 Å². The van der Waals surface area contributed by atoms with E-state index in [-0.39, 0.29) is 36.3 Å². The number of pyridine rings is 6. The van der Waals surface area contributed by atoms with Crippen LogP contribution in [0.15, 0.2) is 104 Å². The molecule has 0 unspecified atom stereocenters. The van der Waals surface area contributed by atoms with Crippen molar-refractivity contribution in [1.82, 2.24) is 73.8 Å². The predicted molar refractivity (Wildman–Crippen MR) is 348 cm³/mol. The molecule has 3 N–H and O–H groups in total. The van der Waals surface area contributed by atoms with Gasteiger partial charge in [0.05, 0.1) is 80.5 Å². The molecule has 6 aliphatic heterocycles. The molecule has 15 rings (SSSR count). The molecule has 0 aromatic carbocycles. The largest absolute Gasteiger partial charge is 0.355 e. The lowest BCUT2D eigenvalue weighted by molar-refractivity contribution is 0.311. The van der Waals surface area contributed by atoms with Crippen molar-refractivity contribution < 1.29 is 0 Å². The lowest BCUT2D eigenvalue weighted by Gasteiger charge is -2.34. The zero-order valence-corrected chi connectivity index (χ0v) is 52.1. The Balaban J connectivity index is 0.678. The third-order valence-corrected chi connectivity index (χ3v) is 20.4. The second-order valence-electron chi connectivity index (χ2n) is 25.6. The molecular formula is C67H80Cl2N18. The second kappa shape index (κ2) is 24.0. The van der Waals surface area contributed by atoms with Crippen molar-refractivity contribution in [3.8, 4) is 22.3 Å². The maximum absolute atomic E-state index is 7.40. The average Bonchev–Trinajstić information content (AvgIpc) is 2.01. The van der Waals surface area contributed by atoms with Crippen LogP contribution in [-0.2, 0) is 0 Å². The summed E-state index contributed by atoms with van der Waals surface area (Å²) in [5, 5.41) is 13.2. The molecular weight excluding hydrogens is 1130 g/mol. The summed E-state index contributed by atoms with van der Waals surface area (Å²) in [6.07, 6.45) is 21.9. The fourth-order valence-electron chi connectivity index (χ4n) is 14.7. The highest BCUT2D eigenvalue weighted by atomic mass is 35.5. The molecule has 0 amide bonds. The summed E-state index contributed by atoms with van der Waals surface area (Å²) < 4.78 is 6.89. The Morgan fingerprint density at radius 3 is 1.31 bits per heavy atom. The van der Waals surface area contributed by atoms with Gasteiger partial charge >= 0.3 is 0 Å².